The molecule has 6 nitrogen and oxygen atoms in total. The first-order valence-corrected chi connectivity index (χ1v) is 9.88. The summed E-state index contributed by atoms with van der Waals surface area (Å²) in [5, 5.41) is 6.08. The normalized spacial score (nSPS) is 14.8. The Morgan fingerprint density at radius 2 is 1.89 bits per heavy atom. The van der Waals surface area contributed by atoms with Crippen LogP contribution < -0.4 is 15.5 Å². The van der Waals surface area contributed by atoms with Crippen molar-refractivity contribution in [3.63, 3.8) is 0 Å². The van der Waals surface area contributed by atoms with Crippen molar-refractivity contribution in [2.75, 3.05) is 35.2 Å². The minimum absolute atomic E-state index is 0.248. The van der Waals surface area contributed by atoms with Gasteiger partial charge in [-0.15, -0.1) is 0 Å². The zero-order valence-corrected chi connectivity index (χ0v) is 16.2. The van der Waals surface area contributed by atoms with Gasteiger partial charge in [0.1, 0.15) is 11.5 Å². The molecular weight excluding hydrogens is 338 g/mol. The molecule has 0 unspecified atom stereocenters. The molecule has 0 spiro atoms. The second-order valence-electron chi connectivity index (χ2n) is 7.24. The number of carbonyl (C=O) groups is 1. The summed E-state index contributed by atoms with van der Waals surface area (Å²) in [6.07, 6.45) is 7.78. The highest BCUT2D eigenvalue weighted by Gasteiger charge is 2.16. The Labute approximate surface area is 161 Å². The molecule has 1 amide bonds. The lowest BCUT2D eigenvalue weighted by Gasteiger charge is -2.32. The second kappa shape index (κ2) is 9.35. The van der Waals surface area contributed by atoms with E-state index in [4.69, 9.17) is 0 Å². The Hall–Kier alpha value is -2.63. The summed E-state index contributed by atoms with van der Waals surface area (Å²) in [5.74, 6) is 1.26. The van der Waals surface area contributed by atoms with Crippen LogP contribution in [0.4, 0.5) is 17.2 Å². The number of rotatable bonds is 7. The summed E-state index contributed by atoms with van der Waals surface area (Å²) in [5.41, 5.74) is 2.29. The molecule has 1 aliphatic rings. The van der Waals surface area contributed by atoms with E-state index in [0.29, 0.717) is 11.5 Å². The zero-order valence-electron chi connectivity index (χ0n) is 16.2. The lowest BCUT2D eigenvalue weighted by molar-refractivity contribution is 0.102. The van der Waals surface area contributed by atoms with Gasteiger partial charge in [-0.2, -0.15) is 0 Å². The first-order valence-electron chi connectivity index (χ1n) is 9.88. The van der Waals surface area contributed by atoms with Gasteiger partial charge < -0.3 is 15.5 Å². The number of hydrogen-bond donors (Lipinski definition) is 2. The maximum absolute atomic E-state index is 12.4. The van der Waals surface area contributed by atoms with Crippen LogP contribution in [0.15, 0.2) is 36.7 Å². The average Bonchev–Trinajstić information content (AvgIpc) is 2.70. The van der Waals surface area contributed by atoms with Crippen molar-refractivity contribution in [3.8, 4) is 0 Å². The minimum Gasteiger partial charge on any atom is -0.372 e. The van der Waals surface area contributed by atoms with Crippen LogP contribution in [-0.4, -0.2) is 35.5 Å². The number of amides is 1. The lowest BCUT2D eigenvalue weighted by Crippen LogP contribution is -2.32. The van der Waals surface area contributed by atoms with Gasteiger partial charge in [-0.3, -0.25) is 4.79 Å². The van der Waals surface area contributed by atoms with Gasteiger partial charge in [0.2, 0.25) is 0 Å². The number of unbranched alkanes of at least 4 members (excludes halogenated alkanes) is 1. The molecule has 2 heterocycles. The van der Waals surface area contributed by atoms with E-state index < -0.39 is 0 Å². The molecular formula is C21H29N5O. The third-order valence-corrected chi connectivity index (χ3v) is 4.99. The van der Waals surface area contributed by atoms with E-state index in [1.807, 2.05) is 12.1 Å². The van der Waals surface area contributed by atoms with Crippen LogP contribution in [0.1, 0.15) is 50.0 Å². The van der Waals surface area contributed by atoms with Crippen LogP contribution in [0.5, 0.6) is 0 Å². The van der Waals surface area contributed by atoms with Gasteiger partial charge in [0.25, 0.3) is 5.91 Å². The monoisotopic (exact) mass is 367 g/mol. The van der Waals surface area contributed by atoms with E-state index in [9.17, 15) is 4.79 Å². The van der Waals surface area contributed by atoms with Gasteiger partial charge in [-0.1, -0.05) is 20.3 Å². The van der Waals surface area contributed by atoms with Crippen molar-refractivity contribution in [3.05, 3.63) is 42.4 Å². The highest BCUT2D eigenvalue weighted by atomic mass is 16.1. The predicted molar refractivity (Wildman–Crippen MR) is 110 cm³/mol. The fourth-order valence-corrected chi connectivity index (χ4v) is 3.15. The molecule has 6 heteroatoms. The number of anilines is 3. The largest absolute Gasteiger partial charge is 0.372 e. The molecule has 1 aromatic carbocycles. The molecule has 1 fully saturated rings. The van der Waals surface area contributed by atoms with Crippen molar-refractivity contribution in [1.29, 1.82) is 0 Å². The van der Waals surface area contributed by atoms with E-state index in [0.717, 1.165) is 44.1 Å². The van der Waals surface area contributed by atoms with Gasteiger partial charge in [-0.25, -0.2) is 9.97 Å². The third kappa shape index (κ3) is 5.42. The number of benzene rings is 1. The SMILES string of the molecule is CCCCNc1cnc(C(=O)Nc2ccc(N3CCC(C)CC3)cc2)cn1. The van der Waals surface area contributed by atoms with Crippen molar-refractivity contribution >= 4 is 23.1 Å². The molecule has 0 saturated carbocycles. The first-order chi connectivity index (χ1) is 13.2. The topological polar surface area (TPSA) is 70.2 Å². The number of piperidine rings is 1. The fraction of sp³-hybridized carbons (Fsp3) is 0.476. The molecule has 144 valence electrons. The quantitative estimate of drug-likeness (QED) is 0.719. The first kappa shape index (κ1) is 19.1. The maximum atomic E-state index is 12.4. The number of nitrogens with one attached hydrogen (secondary N) is 2. The average molecular weight is 367 g/mol. The summed E-state index contributed by atoms with van der Waals surface area (Å²) >= 11 is 0. The number of hydrogen-bond acceptors (Lipinski definition) is 5. The summed E-state index contributed by atoms with van der Waals surface area (Å²) in [6.45, 7) is 7.51. The standard InChI is InChI=1S/C21H29N5O/c1-3-4-11-22-20-15-23-19(14-24-20)21(27)25-17-5-7-18(8-6-17)26-12-9-16(2)10-13-26/h5-8,14-16H,3-4,9-13H2,1-2H3,(H,22,24)(H,25,27). The van der Waals surface area contributed by atoms with E-state index in [-0.39, 0.29) is 5.91 Å². The van der Waals surface area contributed by atoms with E-state index >= 15 is 0 Å². The van der Waals surface area contributed by atoms with E-state index in [1.165, 1.54) is 24.7 Å². The number of carbonyl (C=O) groups excluding carboxylic acids is 1. The molecule has 2 aromatic rings. The van der Waals surface area contributed by atoms with Gasteiger partial charge >= 0.3 is 0 Å². The molecule has 3 rings (SSSR count). The zero-order chi connectivity index (χ0) is 19.1. The molecule has 0 radical (unpaired) electrons. The molecule has 27 heavy (non-hydrogen) atoms. The Balaban J connectivity index is 1.54. The second-order valence-corrected chi connectivity index (χ2v) is 7.24. The molecule has 0 atom stereocenters. The van der Waals surface area contributed by atoms with Crippen molar-refractivity contribution in [2.24, 2.45) is 5.92 Å². The molecule has 0 aliphatic carbocycles. The number of nitrogens with zero attached hydrogens (tertiary/aromatic N) is 3. The van der Waals surface area contributed by atoms with Gasteiger partial charge in [-0.05, 0) is 49.4 Å². The van der Waals surface area contributed by atoms with Crippen LogP contribution in [0.25, 0.3) is 0 Å². The molecule has 2 N–H and O–H groups in total. The van der Waals surface area contributed by atoms with Crippen LogP contribution in [0.2, 0.25) is 0 Å². The van der Waals surface area contributed by atoms with E-state index in [2.05, 4.69) is 51.5 Å². The number of aromatic nitrogens is 2. The third-order valence-electron chi connectivity index (χ3n) is 4.99. The van der Waals surface area contributed by atoms with E-state index in [1.54, 1.807) is 6.20 Å². The van der Waals surface area contributed by atoms with Gasteiger partial charge in [0.05, 0.1) is 12.4 Å². The summed E-state index contributed by atoms with van der Waals surface area (Å²) in [6, 6.07) is 8.02. The Kier molecular flexibility index (Phi) is 6.63. The smallest absolute Gasteiger partial charge is 0.275 e. The summed E-state index contributed by atoms with van der Waals surface area (Å²) < 4.78 is 0. The van der Waals surface area contributed by atoms with Gasteiger partial charge in [0.15, 0.2) is 0 Å². The van der Waals surface area contributed by atoms with Crippen molar-refractivity contribution in [2.45, 2.75) is 39.5 Å². The summed E-state index contributed by atoms with van der Waals surface area (Å²) in [7, 11) is 0. The van der Waals surface area contributed by atoms with Crippen LogP contribution >= 0.6 is 0 Å². The van der Waals surface area contributed by atoms with Crippen LogP contribution in [0.3, 0.4) is 0 Å². The Morgan fingerprint density at radius 3 is 2.52 bits per heavy atom. The fourth-order valence-electron chi connectivity index (χ4n) is 3.15. The van der Waals surface area contributed by atoms with Crippen LogP contribution in [0, 0.1) is 5.92 Å². The molecule has 0 bridgehead atoms. The predicted octanol–water partition coefficient (Wildman–Crippen LogP) is 4.18. The molecule has 1 aliphatic heterocycles. The van der Waals surface area contributed by atoms with Crippen molar-refractivity contribution < 1.29 is 4.79 Å². The maximum Gasteiger partial charge on any atom is 0.275 e. The highest BCUT2D eigenvalue weighted by molar-refractivity contribution is 6.02. The molecule has 1 aromatic heterocycles. The lowest BCUT2D eigenvalue weighted by atomic mass is 9.99. The van der Waals surface area contributed by atoms with Crippen LogP contribution in [-0.2, 0) is 0 Å². The Bertz CT molecular complexity index is 721. The highest BCUT2D eigenvalue weighted by Crippen LogP contribution is 2.24. The Morgan fingerprint density at radius 1 is 1.15 bits per heavy atom. The molecule has 1 saturated heterocycles. The summed E-state index contributed by atoms with van der Waals surface area (Å²) in [4.78, 5) is 23.2. The minimum atomic E-state index is -0.248. The van der Waals surface area contributed by atoms with Gasteiger partial charge in [0, 0.05) is 31.0 Å². The van der Waals surface area contributed by atoms with Crippen molar-refractivity contribution in [1.82, 2.24) is 9.97 Å².